The quantitative estimate of drug-likeness (QED) is 0.661. The highest BCUT2D eigenvalue weighted by molar-refractivity contribution is 5.28. The summed E-state index contributed by atoms with van der Waals surface area (Å²) in [5.41, 5.74) is 0. The summed E-state index contributed by atoms with van der Waals surface area (Å²) in [5, 5.41) is 11.7. The van der Waals surface area contributed by atoms with E-state index in [9.17, 15) is 17.6 Å². The van der Waals surface area contributed by atoms with E-state index in [0.717, 1.165) is 12.8 Å². The van der Waals surface area contributed by atoms with E-state index in [-0.39, 0.29) is 12.1 Å². The molecule has 1 aromatic rings. The first-order valence-electron chi connectivity index (χ1n) is 5.64. The predicted molar refractivity (Wildman–Crippen MR) is 57.3 cm³/mol. The largest absolute Gasteiger partial charge is 0.485 e. The van der Waals surface area contributed by atoms with Gasteiger partial charge in [0.2, 0.25) is 11.6 Å². The van der Waals surface area contributed by atoms with Crippen molar-refractivity contribution < 1.29 is 22.3 Å². The summed E-state index contributed by atoms with van der Waals surface area (Å²) in [6.07, 6.45) is 1.82. The van der Waals surface area contributed by atoms with Gasteiger partial charge in [-0.2, -0.15) is 14.0 Å². The van der Waals surface area contributed by atoms with E-state index >= 15 is 0 Å². The van der Waals surface area contributed by atoms with Gasteiger partial charge in [0, 0.05) is 12.1 Å². The van der Waals surface area contributed by atoms with Crippen LogP contribution in [0.25, 0.3) is 0 Å². The first-order chi connectivity index (χ1) is 9.02. The highest BCUT2D eigenvalue weighted by Gasteiger charge is 2.26. The second-order valence-corrected chi connectivity index (χ2v) is 4.23. The monoisotopic (exact) mass is 274 g/mol. The van der Waals surface area contributed by atoms with Gasteiger partial charge in [-0.15, -0.1) is 0 Å². The molecule has 7 heteroatoms. The normalized spacial score (nSPS) is 15.9. The maximum Gasteiger partial charge on any atom is 0.203 e. The molecule has 1 atom stereocenters. The molecule has 1 unspecified atom stereocenters. The number of nitriles is 1. The summed E-state index contributed by atoms with van der Waals surface area (Å²) in [6, 6.07) is 1.34. The lowest BCUT2D eigenvalue weighted by atomic mass is 10.3. The Kier molecular flexibility index (Phi) is 3.90. The van der Waals surface area contributed by atoms with Crippen LogP contribution in [0.4, 0.5) is 17.6 Å². The SMILES string of the molecule is N#CC(COc1c(F)c(F)cc(F)c1F)NC1CC1. The Morgan fingerprint density at radius 2 is 1.84 bits per heavy atom. The van der Waals surface area contributed by atoms with Gasteiger partial charge < -0.3 is 4.74 Å². The van der Waals surface area contributed by atoms with Crippen LogP contribution >= 0.6 is 0 Å². The van der Waals surface area contributed by atoms with E-state index in [4.69, 9.17) is 10.00 Å². The molecule has 0 radical (unpaired) electrons. The van der Waals surface area contributed by atoms with Gasteiger partial charge in [-0.05, 0) is 12.8 Å². The second-order valence-electron chi connectivity index (χ2n) is 4.23. The smallest absolute Gasteiger partial charge is 0.203 e. The van der Waals surface area contributed by atoms with Crippen molar-refractivity contribution in [3.63, 3.8) is 0 Å². The molecule has 0 spiro atoms. The van der Waals surface area contributed by atoms with Gasteiger partial charge >= 0.3 is 0 Å². The maximum atomic E-state index is 13.3. The topological polar surface area (TPSA) is 45.0 Å². The van der Waals surface area contributed by atoms with Crippen molar-refractivity contribution in [2.45, 2.75) is 24.9 Å². The molecule has 1 aromatic carbocycles. The van der Waals surface area contributed by atoms with Gasteiger partial charge in [0.25, 0.3) is 0 Å². The van der Waals surface area contributed by atoms with Gasteiger partial charge in [-0.3, -0.25) is 5.32 Å². The third kappa shape index (κ3) is 3.15. The van der Waals surface area contributed by atoms with Crippen LogP contribution in [0, 0.1) is 34.6 Å². The molecular formula is C12H10F4N2O. The van der Waals surface area contributed by atoms with Gasteiger partial charge in [0.15, 0.2) is 17.4 Å². The average molecular weight is 274 g/mol. The van der Waals surface area contributed by atoms with E-state index in [0.29, 0.717) is 0 Å². The summed E-state index contributed by atoms with van der Waals surface area (Å²) >= 11 is 0. The molecule has 1 fully saturated rings. The molecule has 0 aliphatic heterocycles. The zero-order valence-corrected chi connectivity index (χ0v) is 9.72. The fourth-order valence-electron chi connectivity index (χ4n) is 1.50. The summed E-state index contributed by atoms with van der Waals surface area (Å²) in [6.45, 7) is -0.399. The van der Waals surface area contributed by atoms with Crippen molar-refractivity contribution in [1.29, 1.82) is 5.26 Å². The van der Waals surface area contributed by atoms with E-state index in [1.165, 1.54) is 0 Å². The molecule has 1 aliphatic carbocycles. The van der Waals surface area contributed by atoms with Crippen LogP contribution in [0.15, 0.2) is 6.07 Å². The number of nitrogens with zero attached hydrogens (tertiary/aromatic N) is 1. The minimum atomic E-state index is -1.61. The minimum absolute atomic E-state index is 0.0990. The zero-order chi connectivity index (χ0) is 14.0. The molecule has 0 aromatic heterocycles. The summed E-state index contributed by atoms with van der Waals surface area (Å²) in [5.74, 6) is -7.45. The van der Waals surface area contributed by atoms with Gasteiger partial charge in [-0.1, -0.05) is 0 Å². The van der Waals surface area contributed by atoms with Crippen molar-refractivity contribution in [1.82, 2.24) is 5.32 Å². The van der Waals surface area contributed by atoms with E-state index in [1.807, 2.05) is 6.07 Å². The maximum absolute atomic E-state index is 13.3. The fraction of sp³-hybridized carbons (Fsp3) is 0.417. The number of ether oxygens (including phenoxy) is 1. The molecule has 0 bridgehead atoms. The molecule has 0 heterocycles. The van der Waals surface area contributed by atoms with Crippen LogP contribution < -0.4 is 10.1 Å². The minimum Gasteiger partial charge on any atom is -0.485 e. The third-order valence-corrected chi connectivity index (χ3v) is 2.64. The number of rotatable bonds is 5. The molecule has 19 heavy (non-hydrogen) atoms. The standard InChI is InChI=1S/C12H10F4N2O/c13-8-3-9(14)11(16)12(10(8)15)19-5-7(4-17)18-6-1-2-6/h3,6-7,18H,1-2,5H2. The van der Waals surface area contributed by atoms with Crippen molar-refractivity contribution in [2.75, 3.05) is 6.61 Å². The van der Waals surface area contributed by atoms with Crippen molar-refractivity contribution >= 4 is 0 Å². The molecule has 1 saturated carbocycles. The van der Waals surface area contributed by atoms with E-state index in [2.05, 4.69) is 5.32 Å². The highest BCUT2D eigenvalue weighted by atomic mass is 19.2. The second kappa shape index (κ2) is 5.45. The molecule has 102 valence electrons. The number of halogens is 4. The lowest BCUT2D eigenvalue weighted by Gasteiger charge is -2.13. The van der Waals surface area contributed by atoms with Crippen molar-refractivity contribution in [2.24, 2.45) is 0 Å². The number of benzene rings is 1. The highest BCUT2D eigenvalue weighted by Crippen LogP contribution is 2.26. The molecular weight excluding hydrogens is 264 g/mol. The Morgan fingerprint density at radius 3 is 2.32 bits per heavy atom. The first kappa shape index (κ1) is 13.6. The summed E-state index contributed by atoms with van der Waals surface area (Å²) < 4.78 is 57.0. The summed E-state index contributed by atoms with van der Waals surface area (Å²) in [4.78, 5) is 0. The zero-order valence-electron chi connectivity index (χ0n) is 9.72. The average Bonchev–Trinajstić information content (AvgIpc) is 3.19. The Hall–Kier alpha value is -1.81. The van der Waals surface area contributed by atoms with Crippen LogP contribution in [0.3, 0.4) is 0 Å². The first-order valence-corrected chi connectivity index (χ1v) is 5.64. The van der Waals surface area contributed by atoms with E-state index < -0.39 is 41.7 Å². The van der Waals surface area contributed by atoms with Crippen molar-refractivity contribution in [3.05, 3.63) is 29.3 Å². The molecule has 2 rings (SSSR count). The predicted octanol–water partition coefficient (Wildman–Crippen LogP) is 2.27. The van der Waals surface area contributed by atoms with Crippen LogP contribution in [0.1, 0.15) is 12.8 Å². The van der Waals surface area contributed by atoms with Crippen LogP contribution in [-0.2, 0) is 0 Å². The van der Waals surface area contributed by atoms with Gasteiger partial charge in [0.1, 0.15) is 12.6 Å². The number of hydrogen-bond donors (Lipinski definition) is 1. The van der Waals surface area contributed by atoms with Crippen LogP contribution in [0.5, 0.6) is 5.75 Å². The van der Waals surface area contributed by atoms with Crippen molar-refractivity contribution in [3.8, 4) is 11.8 Å². The number of nitrogens with one attached hydrogen (secondary N) is 1. The summed E-state index contributed by atoms with van der Waals surface area (Å²) in [7, 11) is 0. The van der Waals surface area contributed by atoms with E-state index in [1.54, 1.807) is 0 Å². The van der Waals surface area contributed by atoms with Crippen LogP contribution in [0.2, 0.25) is 0 Å². The Labute approximate surface area is 106 Å². The molecule has 0 amide bonds. The third-order valence-electron chi connectivity index (χ3n) is 2.64. The Bertz CT molecular complexity index is 499. The molecule has 0 saturated heterocycles. The Balaban J connectivity index is 2.08. The lowest BCUT2D eigenvalue weighted by Crippen LogP contribution is -2.35. The molecule has 1 aliphatic rings. The lowest BCUT2D eigenvalue weighted by molar-refractivity contribution is 0.252. The van der Waals surface area contributed by atoms with Gasteiger partial charge in [0.05, 0.1) is 6.07 Å². The molecule has 1 N–H and O–H groups in total. The van der Waals surface area contributed by atoms with Crippen LogP contribution in [-0.4, -0.2) is 18.7 Å². The van der Waals surface area contributed by atoms with Gasteiger partial charge in [-0.25, -0.2) is 8.78 Å². The fourth-order valence-corrected chi connectivity index (χ4v) is 1.50. The Morgan fingerprint density at radius 1 is 1.26 bits per heavy atom. The molecule has 3 nitrogen and oxygen atoms in total. The number of hydrogen-bond acceptors (Lipinski definition) is 3.